The molecule has 3 heterocycles. The molecule has 0 saturated heterocycles. The quantitative estimate of drug-likeness (QED) is 0.180. The molecule has 3 heteroatoms. The number of nitrogens with zero attached hydrogens (tertiary/aromatic N) is 3. The van der Waals surface area contributed by atoms with Crippen molar-refractivity contribution in [3.8, 4) is 28.2 Å². The van der Waals surface area contributed by atoms with Crippen LogP contribution < -0.4 is 0 Å². The second-order valence-electron chi connectivity index (χ2n) is 13.4. The van der Waals surface area contributed by atoms with E-state index in [0.717, 1.165) is 17.1 Å². The first-order valence-electron chi connectivity index (χ1n) is 17.5. The lowest BCUT2D eigenvalue weighted by atomic mass is 10.0. The Morgan fingerprint density at radius 2 is 0.667 bits per heavy atom. The fourth-order valence-electron chi connectivity index (χ4n) is 8.48. The summed E-state index contributed by atoms with van der Waals surface area (Å²) in [4.78, 5) is 0. The van der Waals surface area contributed by atoms with E-state index in [-0.39, 0.29) is 0 Å². The van der Waals surface area contributed by atoms with Gasteiger partial charge in [0.15, 0.2) is 0 Å². The summed E-state index contributed by atoms with van der Waals surface area (Å²) < 4.78 is 7.28. The maximum Gasteiger partial charge on any atom is 0.0548 e. The van der Waals surface area contributed by atoms with E-state index < -0.39 is 0 Å². The summed E-state index contributed by atoms with van der Waals surface area (Å²) in [5.74, 6) is 0. The predicted octanol–water partition coefficient (Wildman–Crippen LogP) is 12.6. The van der Waals surface area contributed by atoms with Crippen LogP contribution in [0.2, 0.25) is 0 Å². The maximum atomic E-state index is 2.46. The van der Waals surface area contributed by atoms with Gasteiger partial charge in [0.05, 0.1) is 33.1 Å². The van der Waals surface area contributed by atoms with Gasteiger partial charge in [-0.2, -0.15) is 0 Å². The largest absolute Gasteiger partial charge is 0.309 e. The third-order valence-corrected chi connectivity index (χ3v) is 10.6. The molecule has 0 aliphatic heterocycles. The predicted molar refractivity (Wildman–Crippen MR) is 215 cm³/mol. The highest BCUT2D eigenvalue weighted by molar-refractivity contribution is 6.29. The van der Waals surface area contributed by atoms with E-state index >= 15 is 0 Å². The average Bonchev–Trinajstić information content (AvgIpc) is 3.84. The first-order chi connectivity index (χ1) is 25.3. The van der Waals surface area contributed by atoms with Crippen molar-refractivity contribution in [3.63, 3.8) is 0 Å². The Labute approximate surface area is 294 Å². The van der Waals surface area contributed by atoms with Crippen LogP contribution in [-0.4, -0.2) is 13.7 Å². The number of fused-ring (bicyclic) bond motifs is 10. The Kier molecular flexibility index (Phi) is 5.96. The Morgan fingerprint density at radius 3 is 1.31 bits per heavy atom. The molecule has 0 amide bonds. The van der Waals surface area contributed by atoms with Crippen LogP contribution in [0.15, 0.2) is 188 Å². The van der Waals surface area contributed by atoms with Crippen LogP contribution in [-0.2, 0) is 0 Å². The van der Waals surface area contributed by atoms with E-state index in [9.17, 15) is 0 Å². The van der Waals surface area contributed by atoms with Crippen molar-refractivity contribution in [3.05, 3.63) is 188 Å². The van der Waals surface area contributed by atoms with Gasteiger partial charge in [-0.3, -0.25) is 0 Å². The fraction of sp³-hybridized carbons (Fsp3) is 0. The number of benzene rings is 8. The van der Waals surface area contributed by atoms with Crippen LogP contribution in [0.25, 0.3) is 93.6 Å². The first-order valence-corrected chi connectivity index (χ1v) is 17.5. The Morgan fingerprint density at radius 1 is 0.235 bits per heavy atom. The average molecular weight is 650 g/mol. The van der Waals surface area contributed by atoms with Crippen LogP contribution in [0.4, 0.5) is 0 Å². The molecule has 8 aromatic carbocycles. The maximum absolute atomic E-state index is 2.46. The number of aromatic nitrogens is 3. The highest BCUT2D eigenvalue weighted by Crippen LogP contribution is 2.43. The second kappa shape index (κ2) is 10.8. The van der Waals surface area contributed by atoms with Crippen molar-refractivity contribution in [1.82, 2.24) is 13.7 Å². The summed E-state index contributed by atoms with van der Waals surface area (Å²) in [6, 6.07) is 68.4. The number of hydrogen-bond acceptors (Lipinski definition) is 0. The van der Waals surface area contributed by atoms with Gasteiger partial charge in [-0.05, 0) is 83.9 Å². The van der Waals surface area contributed by atoms with Crippen molar-refractivity contribution in [1.29, 1.82) is 0 Å². The molecule has 3 nitrogen and oxygen atoms in total. The lowest BCUT2D eigenvalue weighted by Gasteiger charge is -2.13. The zero-order chi connectivity index (χ0) is 33.5. The monoisotopic (exact) mass is 649 g/mol. The van der Waals surface area contributed by atoms with E-state index in [4.69, 9.17) is 0 Å². The molecule has 0 unspecified atom stereocenters. The van der Waals surface area contributed by atoms with Crippen molar-refractivity contribution < 1.29 is 0 Å². The summed E-state index contributed by atoms with van der Waals surface area (Å²) >= 11 is 0. The molecule has 0 spiro atoms. The van der Waals surface area contributed by atoms with Crippen molar-refractivity contribution >= 4 is 65.4 Å². The summed E-state index contributed by atoms with van der Waals surface area (Å²) in [6.45, 7) is 0. The highest BCUT2D eigenvalue weighted by Gasteiger charge is 2.21. The minimum atomic E-state index is 1.13. The van der Waals surface area contributed by atoms with Gasteiger partial charge in [-0.1, -0.05) is 115 Å². The summed E-state index contributed by atoms with van der Waals surface area (Å²) in [5, 5.41) is 7.58. The Hall–Kier alpha value is -6.84. The summed E-state index contributed by atoms with van der Waals surface area (Å²) in [5.41, 5.74) is 13.1. The molecule has 0 bridgehead atoms. The van der Waals surface area contributed by atoms with Gasteiger partial charge < -0.3 is 13.7 Å². The van der Waals surface area contributed by atoms with Gasteiger partial charge in [-0.15, -0.1) is 0 Å². The lowest BCUT2D eigenvalue weighted by molar-refractivity contribution is 1.13. The molecule has 11 rings (SSSR count). The Balaban J connectivity index is 1.25. The van der Waals surface area contributed by atoms with E-state index in [1.165, 1.54) is 76.5 Å². The molecule has 0 fully saturated rings. The molecule has 11 aromatic rings. The van der Waals surface area contributed by atoms with Crippen molar-refractivity contribution in [2.24, 2.45) is 0 Å². The molecule has 238 valence electrons. The van der Waals surface area contributed by atoms with Gasteiger partial charge in [0.25, 0.3) is 0 Å². The van der Waals surface area contributed by atoms with Crippen LogP contribution >= 0.6 is 0 Å². The van der Waals surface area contributed by atoms with E-state index in [2.05, 4.69) is 202 Å². The lowest BCUT2D eigenvalue weighted by Crippen LogP contribution is -1.98. The minimum Gasteiger partial charge on any atom is -0.309 e. The normalized spacial score (nSPS) is 11.9. The molecule has 0 N–H and O–H groups in total. The molecular weight excluding hydrogens is 619 g/mol. The van der Waals surface area contributed by atoms with Crippen LogP contribution in [0.3, 0.4) is 0 Å². The molecule has 0 radical (unpaired) electrons. The Bertz CT molecular complexity index is 3070. The zero-order valence-corrected chi connectivity index (χ0v) is 27.7. The highest BCUT2D eigenvalue weighted by atomic mass is 15.0. The fourth-order valence-corrected chi connectivity index (χ4v) is 8.48. The molecule has 51 heavy (non-hydrogen) atoms. The van der Waals surface area contributed by atoms with Gasteiger partial charge >= 0.3 is 0 Å². The minimum absolute atomic E-state index is 1.13. The third-order valence-electron chi connectivity index (χ3n) is 10.6. The molecule has 0 aliphatic rings. The van der Waals surface area contributed by atoms with E-state index in [1.54, 1.807) is 0 Å². The van der Waals surface area contributed by atoms with Gasteiger partial charge in [0.2, 0.25) is 0 Å². The summed E-state index contributed by atoms with van der Waals surface area (Å²) in [7, 11) is 0. The van der Waals surface area contributed by atoms with Crippen LogP contribution in [0, 0.1) is 0 Å². The smallest absolute Gasteiger partial charge is 0.0548 e. The van der Waals surface area contributed by atoms with Gasteiger partial charge in [0, 0.05) is 49.4 Å². The van der Waals surface area contributed by atoms with Crippen LogP contribution in [0.5, 0.6) is 0 Å². The van der Waals surface area contributed by atoms with E-state index in [1.807, 2.05) is 0 Å². The number of hydrogen-bond donors (Lipinski definition) is 0. The van der Waals surface area contributed by atoms with Crippen molar-refractivity contribution in [2.45, 2.75) is 0 Å². The SMILES string of the molecule is c1ccc(-c2ccc3c(c2)c2c4c5ccccc5n(-c5ccccc5)c4ccc2n3-c2cccc(-n3c4ccccc4c4ccccc43)c2)cc1. The summed E-state index contributed by atoms with van der Waals surface area (Å²) in [6.07, 6.45) is 0. The molecule has 0 atom stereocenters. The second-order valence-corrected chi connectivity index (χ2v) is 13.4. The van der Waals surface area contributed by atoms with Gasteiger partial charge in [-0.25, -0.2) is 0 Å². The molecular formula is C48H31N3. The third kappa shape index (κ3) is 4.06. The molecule has 0 saturated carbocycles. The topological polar surface area (TPSA) is 14.8 Å². The van der Waals surface area contributed by atoms with Gasteiger partial charge in [0.1, 0.15) is 0 Å². The molecule has 0 aliphatic carbocycles. The molecule has 3 aromatic heterocycles. The zero-order valence-electron chi connectivity index (χ0n) is 27.7. The standard InChI is InChI=1S/C48H31N3/c1-3-14-32(15-4-1)33-26-27-44-40(30-33)48-46(29-28-45-47(48)39-22-9-12-25-43(39)49(45)34-16-5-2-6-17-34)51(44)36-19-13-18-35(31-36)50-41-23-10-7-20-37(41)38-21-8-11-24-42(38)50/h1-31H. The van der Waals surface area contributed by atoms with Crippen LogP contribution in [0.1, 0.15) is 0 Å². The van der Waals surface area contributed by atoms with E-state index in [0.29, 0.717) is 0 Å². The van der Waals surface area contributed by atoms with Crippen molar-refractivity contribution in [2.75, 3.05) is 0 Å². The first kappa shape index (κ1) is 28.0. The number of rotatable bonds is 4. The number of para-hydroxylation sites is 4.